The summed E-state index contributed by atoms with van der Waals surface area (Å²) in [6, 6.07) is -1.13. The van der Waals surface area contributed by atoms with Crippen molar-refractivity contribution in [3.8, 4) is 0 Å². The molecule has 1 aliphatic rings. The van der Waals surface area contributed by atoms with Crippen molar-refractivity contribution >= 4 is 11.9 Å². The van der Waals surface area contributed by atoms with E-state index < -0.39 is 54.7 Å². The highest BCUT2D eigenvalue weighted by molar-refractivity contribution is 5.78. The molecule has 134 valence electrons. The van der Waals surface area contributed by atoms with Gasteiger partial charge in [0.1, 0.15) is 18.3 Å². The van der Waals surface area contributed by atoms with E-state index in [4.69, 9.17) is 14.6 Å². The maximum absolute atomic E-state index is 11.9. The Kier molecular flexibility index (Phi) is 6.86. The van der Waals surface area contributed by atoms with Crippen LogP contribution >= 0.6 is 0 Å². The first-order valence-corrected chi connectivity index (χ1v) is 6.96. The van der Waals surface area contributed by atoms with Gasteiger partial charge in [0.2, 0.25) is 5.91 Å². The number of methoxy groups -OCH3 is 2. The van der Waals surface area contributed by atoms with Gasteiger partial charge < -0.3 is 40.0 Å². The molecule has 0 aromatic heterocycles. The minimum absolute atomic E-state index is 0.362. The number of aliphatic hydroxyl groups is 4. The van der Waals surface area contributed by atoms with Crippen molar-refractivity contribution in [2.75, 3.05) is 20.8 Å². The second-order valence-electron chi connectivity index (χ2n) is 5.27. The van der Waals surface area contributed by atoms with Crippen LogP contribution in [0.2, 0.25) is 0 Å². The molecule has 0 saturated carbocycles. The normalized spacial score (nSPS) is 33.6. The van der Waals surface area contributed by atoms with Gasteiger partial charge in [0.05, 0.1) is 25.9 Å². The summed E-state index contributed by atoms with van der Waals surface area (Å²) in [5, 5.41) is 41.4. The first kappa shape index (κ1) is 19.7. The predicted octanol–water partition coefficient (Wildman–Crippen LogP) is -3.13. The molecule has 6 atom stereocenters. The van der Waals surface area contributed by atoms with Crippen molar-refractivity contribution in [3.05, 3.63) is 0 Å². The van der Waals surface area contributed by atoms with Crippen LogP contribution in [-0.4, -0.2) is 89.4 Å². The van der Waals surface area contributed by atoms with Crippen LogP contribution in [0, 0.1) is 0 Å². The van der Waals surface area contributed by atoms with E-state index in [1.54, 1.807) is 0 Å². The van der Waals surface area contributed by atoms with Crippen molar-refractivity contribution < 1.29 is 44.2 Å². The molecule has 10 nitrogen and oxygen atoms in total. The molecule has 1 unspecified atom stereocenters. The molecule has 0 aromatic carbocycles. The minimum Gasteiger partial charge on any atom is -0.465 e. The maximum atomic E-state index is 11.9. The van der Waals surface area contributed by atoms with Gasteiger partial charge in [-0.15, -0.1) is 0 Å². The summed E-state index contributed by atoms with van der Waals surface area (Å²) in [5.41, 5.74) is 0. The molecule has 10 heteroatoms. The van der Waals surface area contributed by atoms with Crippen LogP contribution in [0.25, 0.3) is 0 Å². The van der Waals surface area contributed by atoms with Gasteiger partial charge in [-0.05, 0) is 0 Å². The first-order chi connectivity index (χ1) is 10.7. The summed E-state index contributed by atoms with van der Waals surface area (Å²) in [5.74, 6) is -3.48. The molecule has 5 N–H and O–H groups in total. The van der Waals surface area contributed by atoms with Crippen LogP contribution in [-0.2, 0) is 23.8 Å². The third-order valence-corrected chi connectivity index (χ3v) is 3.69. The number of rotatable bonds is 6. The average molecular weight is 337 g/mol. The smallest absolute Gasteiger partial charge is 0.366 e. The topological polar surface area (TPSA) is 155 Å². The van der Waals surface area contributed by atoms with Crippen molar-refractivity contribution in [1.29, 1.82) is 0 Å². The highest BCUT2D eigenvalue weighted by Gasteiger charge is 2.55. The summed E-state index contributed by atoms with van der Waals surface area (Å²) in [4.78, 5) is 23.2. The highest BCUT2D eigenvalue weighted by atomic mass is 16.7. The number of carbonyl (C=O) groups is 2. The van der Waals surface area contributed by atoms with Crippen molar-refractivity contribution in [2.45, 2.75) is 49.6 Å². The van der Waals surface area contributed by atoms with E-state index in [1.807, 2.05) is 0 Å². The fourth-order valence-corrected chi connectivity index (χ4v) is 2.49. The fourth-order valence-electron chi connectivity index (χ4n) is 2.49. The molecule has 1 amide bonds. The van der Waals surface area contributed by atoms with Gasteiger partial charge in [0.15, 0.2) is 0 Å². The lowest BCUT2D eigenvalue weighted by atomic mass is 9.88. The van der Waals surface area contributed by atoms with Crippen LogP contribution in [0.5, 0.6) is 0 Å². The van der Waals surface area contributed by atoms with Gasteiger partial charge in [-0.25, -0.2) is 4.79 Å². The van der Waals surface area contributed by atoms with Gasteiger partial charge in [-0.1, -0.05) is 0 Å². The highest BCUT2D eigenvalue weighted by Crippen LogP contribution is 2.33. The van der Waals surface area contributed by atoms with Gasteiger partial charge >= 0.3 is 5.97 Å². The Bertz CT molecular complexity index is 432. The third kappa shape index (κ3) is 4.16. The summed E-state index contributed by atoms with van der Waals surface area (Å²) in [7, 11) is 2.24. The Morgan fingerprint density at radius 3 is 2.43 bits per heavy atom. The number of ether oxygens (including phenoxy) is 3. The quantitative estimate of drug-likeness (QED) is 0.316. The monoisotopic (exact) mass is 337 g/mol. The summed E-state index contributed by atoms with van der Waals surface area (Å²) >= 11 is 0. The Balaban J connectivity index is 3.17. The number of hydrogen-bond acceptors (Lipinski definition) is 9. The van der Waals surface area contributed by atoms with Gasteiger partial charge in [0, 0.05) is 20.5 Å². The molecular weight excluding hydrogens is 314 g/mol. The maximum Gasteiger partial charge on any atom is 0.366 e. The molecule has 23 heavy (non-hydrogen) atoms. The standard InChI is InChI=1S/C13H23NO9/c1-6(16)14-9-7(17)4-13(22-3,12(20)21-2)23-11(9)10(19)8(18)5-15/h7-11,15,17-19H,4-5H2,1-3H3,(H,14,16)/t7-,8-,9-,10-,11?,13+/m1/s1. The van der Waals surface area contributed by atoms with Gasteiger partial charge in [-0.3, -0.25) is 4.79 Å². The zero-order chi connectivity index (χ0) is 17.8. The van der Waals surface area contributed by atoms with E-state index in [2.05, 4.69) is 10.1 Å². The zero-order valence-electron chi connectivity index (χ0n) is 13.1. The van der Waals surface area contributed by atoms with Gasteiger partial charge in [0.25, 0.3) is 5.79 Å². The average Bonchev–Trinajstić information content (AvgIpc) is 2.53. The Labute approximate surface area is 133 Å². The summed E-state index contributed by atoms with van der Waals surface area (Å²) in [6.07, 6.45) is -6.44. The molecule has 0 aromatic rings. The molecule has 0 spiro atoms. The van der Waals surface area contributed by atoms with E-state index in [0.29, 0.717) is 0 Å². The van der Waals surface area contributed by atoms with Crippen molar-refractivity contribution in [3.63, 3.8) is 0 Å². The van der Waals surface area contributed by atoms with Crippen molar-refractivity contribution in [2.24, 2.45) is 0 Å². The van der Waals surface area contributed by atoms with Crippen LogP contribution in [0.15, 0.2) is 0 Å². The Morgan fingerprint density at radius 2 is 2.00 bits per heavy atom. The largest absolute Gasteiger partial charge is 0.465 e. The lowest BCUT2D eigenvalue weighted by Crippen LogP contribution is -2.67. The number of hydrogen-bond donors (Lipinski definition) is 5. The number of carbonyl (C=O) groups excluding carboxylic acids is 2. The first-order valence-electron chi connectivity index (χ1n) is 6.96. The van der Waals surface area contributed by atoms with E-state index in [0.717, 1.165) is 14.2 Å². The molecule has 0 aliphatic carbocycles. The predicted molar refractivity (Wildman–Crippen MR) is 74.0 cm³/mol. The van der Waals surface area contributed by atoms with Crippen molar-refractivity contribution in [1.82, 2.24) is 5.32 Å². The van der Waals surface area contributed by atoms with E-state index >= 15 is 0 Å². The second kappa shape index (κ2) is 7.99. The van der Waals surface area contributed by atoms with Crippen LogP contribution in [0.4, 0.5) is 0 Å². The van der Waals surface area contributed by atoms with Gasteiger partial charge in [-0.2, -0.15) is 0 Å². The lowest BCUT2D eigenvalue weighted by molar-refractivity contribution is -0.305. The van der Waals surface area contributed by atoms with E-state index in [9.17, 15) is 24.9 Å². The molecule has 1 rings (SSSR count). The van der Waals surface area contributed by atoms with Crippen LogP contribution < -0.4 is 5.32 Å². The summed E-state index contributed by atoms with van der Waals surface area (Å²) < 4.78 is 15.1. The number of esters is 1. The van der Waals surface area contributed by atoms with Crippen LogP contribution in [0.1, 0.15) is 13.3 Å². The molecule has 1 aliphatic heterocycles. The Hall–Kier alpha value is -1.30. The number of amides is 1. The van der Waals surface area contributed by atoms with E-state index in [1.165, 1.54) is 6.92 Å². The van der Waals surface area contributed by atoms with E-state index in [-0.39, 0.29) is 6.42 Å². The molecule has 1 saturated heterocycles. The molecule has 0 bridgehead atoms. The molecule has 1 heterocycles. The second-order valence-corrected chi connectivity index (χ2v) is 5.27. The zero-order valence-corrected chi connectivity index (χ0v) is 13.1. The lowest BCUT2D eigenvalue weighted by Gasteiger charge is -2.46. The Morgan fingerprint density at radius 1 is 1.39 bits per heavy atom. The third-order valence-electron chi connectivity index (χ3n) is 3.69. The molecular formula is C13H23NO9. The number of aliphatic hydroxyl groups excluding tert-OH is 4. The van der Waals surface area contributed by atoms with Crippen LogP contribution in [0.3, 0.4) is 0 Å². The molecule has 0 radical (unpaired) electrons. The minimum atomic E-state index is -2.01. The SMILES string of the molecule is COC(=O)[C@]1(OC)C[C@@H](O)[C@@H](NC(C)=O)C([C@H](O)[C@H](O)CO)O1. The summed E-state index contributed by atoms with van der Waals surface area (Å²) in [6.45, 7) is 0.402. The molecule has 1 fully saturated rings. The fraction of sp³-hybridized carbons (Fsp3) is 0.846. The number of nitrogens with one attached hydrogen (secondary N) is 1.